The maximum Gasteiger partial charge on any atom is 0.259 e. The minimum atomic E-state index is -0.177. The number of nitrogen functional groups attached to an aromatic ring is 1. The average Bonchev–Trinajstić information content (AvgIpc) is 2.71. The highest BCUT2D eigenvalue weighted by Crippen LogP contribution is 2.19. The predicted molar refractivity (Wildman–Crippen MR) is 75.0 cm³/mol. The van der Waals surface area contributed by atoms with Gasteiger partial charge in [0.05, 0.1) is 0 Å². The first kappa shape index (κ1) is 13.4. The highest BCUT2D eigenvalue weighted by Gasteiger charge is 2.20. The Hall–Kier alpha value is -2.01. The molecular formula is C13H15ClN4O. The molecule has 0 aliphatic rings. The lowest BCUT2D eigenvalue weighted by Crippen LogP contribution is -2.27. The Morgan fingerprint density at radius 3 is 2.74 bits per heavy atom. The number of carbonyl (C=O) groups is 1. The molecule has 1 heterocycles. The molecule has 19 heavy (non-hydrogen) atoms. The van der Waals surface area contributed by atoms with Crippen molar-refractivity contribution in [1.29, 1.82) is 0 Å². The summed E-state index contributed by atoms with van der Waals surface area (Å²) >= 11 is 6.08. The topological polar surface area (TPSA) is 75.0 Å². The lowest BCUT2D eigenvalue weighted by molar-refractivity contribution is 0.0785. The number of halogens is 1. The van der Waals surface area contributed by atoms with Crippen LogP contribution in [0, 0.1) is 6.92 Å². The third-order valence-electron chi connectivity index (χ3n) is 2.90. The minimum absolute atomic E-state index is 0.177. The summed E-state index contributed by atoms with van der Waals surface area (Å²) < 4.78 is 0. The zero-order valence-corrected chi connectivity index (χ0v) is 11.5. The molecule has 2 rings (SSSR count). The first-order valence-corrected chi connectivity index (χ1v) is 6.17. The van der Waals surface area contributed by atoms with Crippen molar-refractivity contribution in [3.8, 4) is 0 Å². The Balaban J connectivity index is 2.19. The van der Waals surface area contributed by atoms with Gasteiger partial charge in [-0.25, -0.2) is 0 Å². The number of nitrogens with two attached hydrogens (primary N) is 1. The lowest BCUT2D eigenvalue weighted by atomic mass is 10.2. The van der Waals surface area contributed by atoms with Crippen molar-refractivity contribution in [1.82, 2.24) is 15.1 Å². The van der Waals surface area contributed by atoms with Crippen molar-refractivity contribution in [3.63, 3.8) is 0 Å². The molecule has 100 valence electrons. The smallest absolute Gasteiger partial charge is 0.259 e. The molecule has 0 aliphatic heterocycles. The number of aryl methyl sites for hydroxylation is 1. The fraction of sp³-hybridized carbons (Fsp3) is 0.231. The Bertz CT molecular complexity index is 589. The molecule has 0 saturated heterocycles. The van der Waals surface area contributed by atoms with E-state index < -0.39 is 0 Å². The van der Waals surface area contributed by atoms with Crippen LogP contribution in [0.2, 0.25) is 5.02 Å². The summed E-state index contributed by atoms with van der Waals surface area (Å²) in [5, 5.41) is 7.16. The second-order valence-corrected chi connectivity index (χ2v) is 4.77. The van der Waals surface area contributed by atoms with Crippen LogP contribution in [-0.2, 0) is 6.54 Å². The molecule has 6 heteroatoms. The molecule has 0 radical (unpaired) electrons. The average molecular weight is 279 g/mol. The van der Waals surface area contributed by atoms with Crippen molar-refractivity contribution >= 4 is 23.3 Å². The number of hydrogen-bond donors (Lipinski definition) is 2. The van der Waals surface area contributed by atoms with Crippen molar-refractivity contribution < 1.29 is 4.79 Å². The summed E-state index contributed by atoms with van der Waals surface area (Å²) in [5.74, 6) is 0.0391. The van der Waals surface area contributed by atoms with Gasteiger partial charge in [0.25, 0.3) is 5.91 Å². The number of nitrogens with zero attached hydrogens (tertiary/aromatic N) is 2. The molecule has 0 bridgehead atoms. The van der Waals surface area contributed by atoms with Gasteiger partial charge in [-0.2, -0.15) is 5.10 Å². The number of aromatic nitrogens is 2. The first-order valence-electron chi connectivity index (χ1n) is 5.80. The van der Waals surface area contributed by atoms with Crippen LogP contribution in [0.15, 0.2) is 24.3 Å². The maximum absolute atomic E-state index is 12.3. The van der Waals surface area contributed by atoms with Crippen LogP contribution >= 0.6 is 11.6 Å². The number of amides is 1. The van der Waals surface area contributed by atoms with Crippen LogP contribution in [0.4, 0.5) is 5.82 Å². The van der Waals surface area contributed by atoms with Gasteiger partial charge in [0.2, 0.25) is 0 Å². The number of aromatic amines is 1. The van der Waals surface area contributed by atoms with E-state index >= 15 is 0 Å². The molecule has 0 fully saturated rings. The Morgan fingerprint density at radius 1 is 1.47 bits per heavy atom. The second kappa shape index (κ2) is 5.32. The molecule has 0 spiro atoms. The van der Waals surface area contributed by atoms with E-state index in [1.165, 1.54) is 0 Å². The second-order valence-electron chi connectivity index (χ2n) is 4.36. The number of anilines is 1. The van der Waals surface area contributed by atoms with E-state index in [1.54, 1.807) is 24.9 Å². The molecule has 5 nitrogen and oxygen atoms in total. The normalized spacial score (nSPS) is 10.5. The van der Waals surface area contributed by atoms with Gasteiger partial charge in [-0.05, 0) is 18.6 Å². The van der Waals surface area contributed by atoms with Gasteiger partial charge in [-0.15, -0.1) is 0 Å². The Morgan fingerprint density at radius 2 is 2.16 bits per heavy atom. The predicted octanol–water partition coefficient (Wildman–Crippen LogP) is 2.23. The number of hydrogen-bond acceptors (Lipinski definition) is 3. The minimum Gasteiger partial charge on any atom is -0.382 e. The van der Waals surface area contributed by atoms with Crippen molar-refractivity contribution in [3.05, 3.63) is 46.1 Å². The third kappa shape index (κ3) is 2.71. The largest absolute Gasteiger partial charge is 0.382 e. The maximum atomic E-state index is 12.3. The van der Waals surface area contributed by atoms with Crippen molar-refractivity contribution in [2.75, 3.05) is 12.8 Å². The molecule has 0 unspecified atom stereocenters. The van der Waals surface area contributed by atoms with Crippen LogP contribution in [0.25, 0.3) is 0 Å². The summed E-state index contributed by atoms with van der Waals surface area (Å²) in [7, 11) is 1.71. The number of benzene rings is 1. The Kier molecular flexibility index (Phi) is 3.76. The van der Waals surface area contributed by atoms with E-state index in [2.05, 4.69) is 10.2 Å². The van der Waals surface area contributed by atoms with Gasteiger partial charge in [0.15, 0.2) is 5.82 Å². The van der Waals surface area contributed by atoms with E-state index in [0.717, 1.165) is 5.56 Å². The fourth-order valence-corrected chi connectivity index (χ4v) is 2.06. The summed E-state index contributed by atoms with van der Waals surface area (Å²) in [6.07, 6.45) is 0. The molecule has 1 aromatic carbocycles. The van der Waals surface area contributed by atoms with Gasteiger partial charge in [0.1, 0.15) is 5.56 Å². The van der Waals surface area contributed by atoms with Crippen LogP contribution in [0.1, 0.15) is 21.6 Å². The molecule has 0 saturated carbocycles. The molecule has 1 aromatic heterocycles. The van der Waals surface area contributed by atoms with Gasteiger partial charge >= 0.3 is 0 Å². The van der Waals surface area contributed by atoms with Crippen LogP contribution in [-0.4, -0.2) is 28.1 Å². The highest BCUT2D eigenvalue weighted by atomic mass is 35.5. The summed E-state index contributed by atoms with van der Waals surface area (Å²) in [5.41, 5.74) is 7.65. The van der Waals surface area contributed by atoms with E-state index in [-0.39, 0.29) is 11.7 Å². The fourth-order valence-electron chi connectivity index (χ4n) is 1.86. The molecule has 3 N–H and O–H groups in total. The van der Waals surface area contributed by atoms with Crippen LogP contribution in [0.3, 0.4) is 0 Å². The monoisotopic (exact) mass is 278 g/mol. The zero-order chi connectivity index (χ0) is 14.0. The summed E-state index contributed by atoms with van der Waals surface area (Å²) in [6.45, 7) is 2.18. The Labute approximate surface area is 116 Å². The summed E-state index contributed by atoms with van der Waals surface area (Å²) in [4.78, 5) is 13.9. The molecule has 1 amide bonds. The van der Waals surface area contributed by atoms with Gasteiger partial charge in [-0.3, -0.25) is 9.89 Å². The molecule has 0 aliphatic carbocycles. The number of rotatable bonds is 3. The third-order valence-corrected chi connectivity index (χ3v) is 3.27. The number of H-pyrrole nitrogens is 1. The SMILES string of the molecule is Cc1[nH]nc(N)c1C(=O)N(C)Cc1ccccc1Cl. The van der Waals surface area contributed by atoms with Gasteiger partial charge in [-0.1, -0.05) is 29.8 Å². The van der Waals surface area contributed by atoms with Gasteiger partial charge in [0, 0.05) is 24.3 Å². The van der Waals surface area contributed by atoms with Gasteiger partial charge < -0.3 is 10.6 Å². The highest BCUT2D eigenvalue weighted by molar-refractivity contribution is 6.31. The lowest BCUT2D eigenvalue weighted by Gasteiger charge is -2.18. The van der Waals surface area contributed by atoms with Crippen molar-refractivity contribution in [2.45, 2.75) is 13.5 Å². The molecule has 2 aromatic rings. The molecule has 0 atom stereocenters. The van der Waals surface area contributed by atoms with E-state index in [9.17, 15) is 4.79 Å². The first-order chi connectivity index (χ1) is 9.00. The quantitative estimate of drug-likeness (QED) is 0.904. The summed E-state index contributed by atoms with van der Waals surface area (Å²) in [6, 6.07) is 7.42. The number of carbonyl (C=O) groups excluding carboxylic acids is 1. The van der Waals surface area contributed by atoms with Crippen LogP contribution in [0.5, 0.6) is 0 Å². The van der Waals surface area contributed by atoms with E-state index in [1.807, 2.05) is 18.2 Å². The standard InChI is InChI=1S/C13H15ClN4O/c1-8-11(12(15)17-16-8)13(19)18(2)7-9-5-3-4-6-10(9)14/h3-6H,7H2,1-2H3,(H3,15,16,17). The van der Waals surface area contributed by atoms with E-state index in [0.29, 0.717) is 22.8 Å². The van der Waals surface area contributed by atoms with Crippen molar-refractivity contribution in [2.24, 2.45) is 0 Å². The van der Waals surface area contributed by atoms with Crippen LogP contribution < -0.4 is 5.73 Å². The molecular weight excluding hydrogens is 264 g/mol. The zero-order valence-electron chi connectivity index (χ0n) is 10.8. The van der Waals surface area contributed by atoms with E-state index in [4.69, 9.17) is 17.3 Å². The number of nitrogens with one attached hydrogen (secondary N) is 1.